The number of ketones is 1. The summed E-state index contributed by atoms with van der Waals surface area (Å²) in [6.07, 6.45) is 1.15. The Balaban J connectivity index is 2.63. The summed E-state index contributed by atoms with van der Waals surface area (Å²) in [7, 11) is 1.64. The predicted octanol–water partition coefficient (Wildman–Crippen LogP) is 3.65. The maximum atomic E-state index is 12.6. The monoisotopic (exact) mass is 568 g/mol. The minimum absolute atomic E-state index is 0.0291. The number of carbonyl (C=O) groups excluding carboxylic acids is 3. The van der Waals surface area contributed by atoms with Crippen molar-refractivity contribution in [1.82, 2.24) is 18.7 Å². The van der Waals surface area contributed by atoms with Crippen LogP contribution in [0.15, 0.2) is 16.5 Å². The highest BCUT2D eigenvalue weighted by molar-refractivity contribution is 14.1. The molecule has 11 heteroatoms. The number of thiazole rings is 1. The van der Waals surface area contributed by atoms with Crippen molar-refractivity contribution in [2.24, 2.45) is 5.92 Å². The summed E-state index contributed by atoms with van der Waals surface area (Å²) in [4.78, 5) is 43.6. The van der Waals surface area contributed by atoms with Crippen LogP contribution in [0.25, 0.3) is 0 Å². The number of nitrogens with zero attached hydrogens (tertiary/aromatic N) is 2. The molecule has 0 aliphatic heterocycles. The molecule has 168 valence electrons. The van der Waals surface area contributed by atoms with Crippen LogP contribution < -0.4 is 8.85 Å². The second kappa shape index (κ2) is 13.2. The minimum Gasteiger partial charge on any atom is -0.460 e. The summed E-state index contributed by atoms with van der Waals surface area (Å²) < 4.78 is 7.77. The van der Waals surface area contributed by atoms with E-state index in [1.54, 1.807) is 24.6 Å². The molecule has 8 nitrogen and oxygen atoms in total. The summed E-state index contributed by atoms with van der Waals surface area (Å²) in [5.41, 5.74) is 0.800. The Morgan fingerprint density at radius 1 is 1.33 bits per heavy atom. The van der Waals surface area contributed by atoms with Gasteiger partial charge in [0.2, 0.25) is 0 Å². The molecule has 2 amide bonds. The van der Waals surface area contributed by atoms with Crippen molar-refractivity contribution >= 4 is 64.6 Å². The highest BCUT2D eigenvalue weighted by Gasteiger charge is 2.27. The maximum absolute atomic E-state index is 12.6. The summed E-state index contributed by atoms with van der Waals surface area (Å²) in [5.74, 6) is -0.912. The summed E-state index contributed by atoms with van der Waals surface area (Å²) in [6, 6.07) is -1.20. The number of halogens is 1. The molecule has 1 atom stereocenters. The number of rotatable bonds is 11. The van der Waals surface area contributed by atoms with Gasteiger partial charge in [0.05, 0.1) is 46.2 Å². The number of urea groups is 1. The van der Waals surface area contributed by atoms with Gasteiger partial charge < -0.3 is 18.5 Å². The fraction of sp³-hybridized carbons (Fsp3) is 0.579. The number of hydrogen-bond donors (Lipinski definition) is 3. The summed E-state index contributed by atoms with van der Waals surface area (Å²) in [5, 5.41) is 5.67. The molecule has 1 rings (SSSR count). The quantitative estimate of drug-likeness (QED) is 0.124. The van der Waals surface area contributed by atoms with E-state index in [0.29, 0.717) is 17.4 Å². The summed E-state index contributed by atoms with van der Waals surface area (Å²) in [6.45, 7) is 8.05. The predicted molar refractivity (Wildman–Crippen MR) is 130 cm³/mol. The van der Waals surface area contributed by atoms with Crippen molar-refractivity contribution in [3.8, 4) is 0 Å². The van der Waals surface area contributed by atoms with Gasteiger partial charge >= 0.3 is 12.0 Å². The van der Waals surface area contributed by atoms with E-state index in [1.807, 2.05) is 42.1 Å². The van der Waals surface area contributed by atoms with Crippen molar-refractivity contribution in [2.45, 2.75) is 52.6 Å². The topological polar surface area (TPSA) is 101 Å². The van der Waals surface area contributed by atoms with Crippen molar-refractivity contribution in [3.05, 3.63) is 27.2 Å². The first-order chi connectivity index (χ1) is 14.0. The van der Waals surface area contributed by atoms with Gasteiger partial charge in [-0.2, -0.15) is 0 Å². The Kier molecular flexibility index (Phi) is 11.7. The van der Waals surface area contributed by atoms with Crippen LogP contribution in [0.2, 0.25) is 0 Å². The molecule has 0 fully saturated rings. The lowest BCUT2D eigenvalue weighted by molar-refractivity contribution is -0.145. The molecule has 0 unspecified atom stereocenters. The Morgan fingerprint density at radius 3 is 2.53 bits per heavy atom. The number of amides is 2. The van der Waals surface area contributed by atoms with Gasteiger partial charge in [-0.1, -0.05) is 27.7 Å². The van der Waals surface area contributed by atoms with E-state index in [2.05, 4.69) is 40.3 Å². The van der Waals surface area contributed by atoms with Crippen LogP contribution in [0.3, 0.4) is 0 Å². The smallest absolute Gasteiger partial charge is 0.318 e. The average Bonchev–Trinajstić information content (AvgIpc) is 3.12. The largest absolute Gasteiger partial charge is 0.460 e. The molecule has 0 aromatic carbocycles. The standard InChI is InChI=1S/C19H29IN4O4S2/c1-11(2)17(15(25)6-16(26)28-9-14(29)7-21-20)23-19(27)24(5)8-13-10-30-18(22-13)12(3)4/h7,10-12,17,21,29H,6,8-9H2,1-5H3,(H,23,27)/b14-7-/t17-/m0/s1. The molecule has 0 bridgehead atoms. The number of ether oxygens (including phenoxy) is 1. The molecule has 0 aliphatic carbocycles. The molecular weight excluding hydrogens is 539 g/mol. The molecule has 0 aliphatic rings. The van der Waals surface area contributed by atoms with Gasteiger partial charge in [0, 0.05) is 29.5 Å². The van der Waals surface area contributed by atoms with E-state index < -0.39 is 30.2 Å². The highest BCUT2D eigenvalue weighted by atomic mass is 127. The molecule has 0 saturated carbocycles. The lowest BCUT2D eigenvalue weighted by Crippen LogP contribution is -2.49. The Bertz CT molecular complexity index is 767. The van der Waals surface area contributed by atoms with Crippen LogP contribution in [-0.4, -0.2) is 47.4 Å². The molecule has 0 saturated heterocycles. The third-order valence-corrected chi connectivity index (χ3v) is 5.79. The van der Waals surface area contributed by atoms with Crippen LogP contribution in [0.4, 0.5) is 4.79 Å². The van der Waals surface area contributed by atoms with Gasteiger partial charge in [0.25, 0.3) is 0 Å². The Hall–Kier alpha value is -1.34. The maximum Gasteiger partial charge on any atom is 0.318 e. The summed E-state index contributed by atoms with van der Waals surface area (Å²) >= 11 is 7.60. The van der Waals surface area contributed by atoms with Crippen LogP contribution in [0.5, 0.6) is 0 Å². The lowest BCUT2D eigenvalue weighted by Gasteiger charge is -2.24. The Morgan fingerprint density at radius 2 is 2.00 bits per heavy atom. The number of Topliss-reactive ketones (excluding diaryl/α,β-unsaturated/α-hetero) is 1. The second-order valence-electron chi connectivity index (χ2n) is 7.41. The molecular formula is C19H29IN4O4S2. The molecule has 0 spiro atoms. The molecule has 30 heavy (non-hydrogen) atoms. The third kappa shape index (κ3) is 9.21. The molecule has 0 radical (unpaired) electrons. The van der Waals surface area contributed by atoms with E-state index >= 15 is 0 Å². The van der Waals surface area contributed by atoms with E-state index in [1.165, 1.54) is 4.90 Å². The van der Waals surface area contributed by atoms with Gasteiger partial charge in [-0.25, -0.2) is 9.78 Å². The lowest BCUT2D eigenvalue weighted by atomic mass is 9.98. The van der Waals surface area contributed by atoms with Crippen LogP contribution in [-0.2, 0) is 20.9 Å². The van der Waals surface area contributed by atoms with Gasteiger partial charge in [0.15, 0.2) is 5.78 Å². The molecule has 1 aromatic heterocycles. The number of thiol groups is 1. The van der Waals surface area contributed by atoms with Crippen molar-refractivity contribution < 1.29 is 19.1 Å². The van der Waals surface area contributed by atoms with Crippen LogP contribution >= 0.6 is 46.8 Å². The van der Waals surface area contributed by atoms with Gasteiger partial charge in [-0.15, -0.1) is 24.0 Å². The number of hydrogen-bond acceptors (Lipinski definition) is 8. The zero-order chi connectivity index (χ0) is 22.8. The SMILES string of the molecule is CC(C)c1nc(CN(C)C(=O)N[C@H](C(=O)CC(=O)OC/C(S)=C/NI)C(C)C)cs1. The van der Waals surface area contributed by atoms with Gasteiger partial charge in [-0.3, -0.25) is 9.59 Å². The Labute approximate surface area is 201 Å². The van der Waals surface area contributed by atoms with Crippen LogP contribution in [0, 0.1) is 5.92 Å². The van der Waals surface area contributed by atoms with Crippen molar-refractivity contribution in [1.29, 1.82) is 0 Å². The second-order valence-corrected chi connectivity index (χ2v) is 9.49. The van der Waals surface area contributed by atoms with Gasteiger partial charge in [-0.05, 0) is 5.92 Å². The molecule has 2 N–H and O–H groups in total. The first-order valence-corrected chi connectivity index (χ1v) is 11.8. The zero-order valence-corrected chi connectivity index (χ0v) is 21.6. The molecule has 1 heterocycles. The van der Waals surface area contributed by atoms with E-state index in [4.69, 9.17) is 4.74 Å². The van der Waals surface area contributed by atoms with E-state index in [9.17, 15) is 14.4 Å². The first kappa shape index (κ1) is 26.7. The fourth-order valence-electron chi connectivity index (χ4n) is 2.40. The van der Waals surface area contributed by atoms with Crippen molar-refractivity contribution in [2.75, 3.05) is 13.7 Å². The third-order valence-electron chi connectivity index (χ3n) is 4.02. The van der Waals surface area contributed by atoms with E-state index in [0.717, 1.165) is 10.7 Å². The zero-order valence-electron chi connectivity index (χ0n) is 17.8. The number of nitrogens with one attached hydrogen (secondary N) is 2. The van der Waals surface area contributed by atoms with E-state index in [-0.39, 0.29) is 12.5 Å². The average molecular weight is 569 g/mol. The number of esters is 1. The normalized spacial score (nSPS) is 12.6. The fourth-order valence-corrected chi connectivity index (χ4v) is 3.98. The van der Waals surface area contributed by atoms with Crippen LogP contribution in [0.1, 0.15) is 50.7 Å². The molecule has 1 aromatic rings. The minimum atomic E-state index is -0.795. The van der Waals surface area contributed by atoms with Crippen molar-refractivity contribution in [3.63, 3.8) is 0 Å². The first-order valence-electron chi connectivity index (χ1n) is 9.43. The highest BCUT2D eigenvalue weighted by Crippen LogP contribution is 2.20. The number of aromatic nitrogens is 1. The number of carbonyl (C=O) groups is 3. The van der Waals surface area contributed by atoms with Gasteiger partial charge in [0.1, 0.15) is 13.0 Å².